The molecule has 0 unspecified atom stereocenters. The average Bonchev–Trinajstić information content (AvgIpc) is 2.55. The number of H-pyrrole nitrogens is 1. The van der Waals surface area contributed by atoms with E-state index in [4.69, 9.17) is 10.5 Å². The maximum absolute atomic E-state index is 13.1. The van der Waals surface area contributed by atoms with E-state index in [0.29, 0.717) is 16.7 Å². The number of rotatable bonds is 3. The molecule has 0 radical (unpaired) electrons. The molecule has 0 aliphatic carbocycles. The number of nitrogens with two attached hydrogens (primary N) is 1. The Morgan fingerprint density at radius 3 is 2.38 bits per heavy atom. The first-order chi connectivity index (χ1) is 11.3. The molecular weight excluding hydrogens is 328 g/mol. The van der Waals surface area contributed by atoms with Crippen molar-refractivity contribution in [2.45, 2.75) is 16.7 Å². The van der Waals surface area contributed by atoms with Gasteiger partial charge in [-0.15, -0.1) is 0 Å². The minimum atomic E-state index is -3.96. The maximum Gasteiger partial charge on any atom is 0.272 e. The van der Waals surface area contributed by atoms with E-state index < -0.39 is 15.4 Å². The van der Waals surface area contributed by atoms with Crippen LogP contribution in [0.15, 0.2) is 57.1 Å². The van der Waals surface area contributed by atoms with Crippen molar-refractivity contribution in [2.75, 3.05) is 12.8 Å². The van der Waals surface area contributed by atoms with Crippen LogP contribution in [0.3, 0.4) is 0 Å². The molecule has 124 valence electrons. The number of methoxy groups -OCH3 is 1. The molecule has 0 spiro atoms. The van der Waals surface area contributed by atoms with Crippen molar-refractivity contribution in [1.82, 2.24) is 4.98 Å². The molecule has 0 saturated carbocycles. The van der Waals surface area contributed by atoms with Gasteiger partial charge in [0.1, 0.15) is 16.3 Å². The molecule has 0 atom stereocenters. The molecule has 1 heterocycles. The van der Waals surface area contributed by atoms with E-state index >= 15 is 0 Å². The van der Waals surface area contributed by atoms with Crippen molar-refractivity contribution < 1.29 is 13.2 Å². The highest BCUT2D eigenvalue weighted by atomic mass is 32.2. The molecule has 0 saturated heterocycles. The largest absolute Gasteiger partial charge is 0.497 e. The molecule has 0 bridgehead atoms. The SMILES string of the molecule is COc1ccc2[nH]c(=O)c(N)c(S(=O)(=O)c3ccc(C)cc3)c2c1. The number of hydrogen-bond acceptors (Lipinski definition) is 5. The van der Waals surface area contributed by atoms with Crippen LogP contribution in [0.1, 0.15) is 5.56 Å². The fourth-order valence-electron chi connectivity index (χ4n) is 2.51. The standard InChI is InChI=1S/C17H16N2O4S/c1-10-3-6-12(7-4-10)24(21,22)16-13-9-11(23-2)5-8-14(13)19-17(20)15(16)18/h3-9H,18H2,1-2H3,(H,19,20). The lowest BCUT2D eigenvalue weighted by Gasteiger charge is -2.12. The Labute approximate surface area is 138 Å². The summed E-state index contributed by atoms with van der Waals surface area (Å²) in [5.74, 6) is 0.467. The first-order valence-electron chi connectivity index (χ1n) is 7.16. The number of fused-ring (bicyclic) bond motifs is 1. The smallest absolute Gasteiger partial charge is 0.272 e. The first-order valence-corrected chi connectivity index (χ1v) is 8.64. The van der Waals surface area contributed by atoms with Gasteiger partial charge in [-0.25, -0.2) is 8.42 Å². The number of sulfone groups is 1. The Balaban J connectivity index is 2.41. The predicted molar refractivity (Wildman–Crippen MR) is 92.2 cm³/mol. The zero-order valence-electron chi connectivity index (χ0n) is 13.2. The summed E-state index contributed by atoms with van der Waals surface area (Å²) >= 11 is 0. The highest BCUT2D eigenvalue weighted by Crippen LogP contribution is 2.32. The molecule has 0 aliphatic rings. The topological polar surface area (TPSA) is 102 Å². The molecule has 3 aromatic rings. The molecule has 6 nitrogen and oxygen atoms in total. The van der Waals surface area contributed by atoms with E-state index in [1.54, 1.807) is 30.3 Å². The Bertz CT molecular complexity index is 1080. The van der Waals surface area contributed by atoms with Gasteiger partial charge in [0, 0.05) is 5.39 Å². The number of aryl methyl sites for hydroxylation is 1. The van der Waals surface area contributed by atoms with Gasteiger partial charge in [-0.1, -0.05) is 17.7 Å². The number of benzene rings is 2. The normalized spacial score (nSPS) is 11.6. The fraction of sp³-hybridized carbons (Fsp3) is 0.118. The average molecular weight is 344 g/mol. The summed E-state index contributed by atoms with van der Waals surface area (Å²) in [6.45, 7) is 1.86. The molecule has 1 aromatic heterocycles. The molecule has 3 rings (SSSR count). The fourth-order valence-corrected chi connectivity index (χ4v) is 4.08. The minimum Gasteiger partial charge on any atom is -0.497 e. The number of nitrogen functional groups attached to an aromatic ring is 1. The van der Waals surface area contributed by atoms with Crippen LogP contribution in [-0.4, -0.2) is 20.5 Å². The lowest BCUT2D eigenvalue weighted by Crippen LogP contribution is -2.18. The second kappa shape index (κ2) is 5.68. The highest BCUT2D eigenvalue weighted by Gasteiger charge is 2.25. The highest BCUT2D eigenvalue weighted by molar-refractivity contribution is 7.92. The molecule has 0 amide bonds. The number of nitrogens with one attached hydrogen (secondary N) is 1. The summed E-state index contributed by atoms with van der Waals surface area (Å²) in [6.07, 6.45) is 0. The van der Waals surface area contributed by atoms with E-state index in [1.807, 2.05) is 6.92 Å². The van der Waals surface area contributed by atoms with E-state index in [9.17, 15) is 13.2 Å². The van der Waals surface area contributed by atoms with Gasteiger partial charge in [0.2, 0.25) is 9.84 Å². The number of anilines is 1. The van der Waals surface area contributed by atoms with E-state index in [0.717, 1.165) is 5.56 Å². The second-order valence-electron chi connectivity index (χ2n) is 5.42. The molecule has 24 heavy (non-hydrogen) atoms. The van der Waals surface area contributed by atoms with Crippen LogP contribution in [0.4, 0.5) is 5.69 Å². The summed E-state index contributed by atoms with van der Waals surface area (Å²) in [6, 6.07) is 11.1. The predicted octanol–water partition coefficient (Wildman–Crippen LogP) is 2.26. The Morgan fingerprint density at radius 1 is 1.08 bits per heavy atom. The first kappa shape index (κ1) is 16.1. The molecule has 0 fully saturated rings. The second-order valence-corrected chi connectivity index (χ2v) is 7.31. The molecule has 0 aliphatic heterocycles. The summed E-state index contributed by atoms with van der Waals surface area (Å²) in [4.78, 5) is 14.5. The van der Waals surface area contributed by atoms with Gasteiger partial charge in [-0.05, 0) is 37.3 Å². The number of ether oxygens (including phenoxy) is 1. The van der Waals surface area contributed by atoms with Gasteiger partial charge in [0.05, 0.1) is 17.5 Å². The third kappa shape index (κ3) is 2.52. The van der Waals surface area contributed by atoms with E-state index in [2.05, 4.69) is 4.98 Å². The quantitative estimate of drug-likeness (QED) is 0.759. The summed E-state index contributed by atoms with van der Waals surface area (Å²) in [5.41, 5.74) is 6.16. The zero-order chi connectivity index (χ0) is 17.5. The molecule has 3 N–H and O–H groups in total. The van der Waals surface area contributed by atoms with Crippen molar-refractivity contribution >= 4 is 26.4 Å². The third-order valence-electron chi connectivity index (χ3n) is 3.81. The van der Waals surface area contributed by atoms with Crippen LogP contribution in [0.2, 0.25) is 0 Å². The van der Waals surface area contributed by atoms with Crippen molar-refractivity contribution in [3.63, 3.8) is 0 Å². The van der Waals surface area contributed by atoms with Crippen molar-refractivity contribution in [1.29, 1.82) is 0 Å². The number of aromatic nitrogens is 1. The maximum atomic E-state index is 13.1. The number of aromatic amines is 1. The van der Waals surface area contributed by atoms with Crippen LogP contribution in [-0.2, 0) is 9.84 Å². The van der Waals surface area contributed by atoms with Gasteiger partial charge in [0.25, 0.3) is 5.56 Å². The van der Waals surface area contributed by atoms with Gasteiger partial charge < -0.3 is 15.5 Å². The van der Waals surface area contributed by atoms with Gasteiger partial charge in [-0.3, -0.25) is 4.79 Å². The van der Waals surface area contributed by atoms with Crippen molar-refractivity contribution in [2.24, 2.45) is 0 Å². The lowest BCUT2D eigenvalue weighted by molar-refractivity contribution is 0.415. The number of pyridine rings is 1. The van der Waals surface area contributed by atoms with E-state index in [-0.39, 0.29) is 15.5 Å². The van der Waals surface area contributed by atoms with E-state index in [1.165, 1.54) is 19.2 Å². The minimum absolute atomic E-state index is 0.0783. The van der Waals surface area contributed by atoms with Gasteiger partial charge in [-0.2, -0.15) is 0 Å². The summed E-state index contributed by atoms with van der Waals surface area (Å²) in [5, 5.41) is 0.312. The van der Waals surface area contributed by atoms with Gasteiger partial charge in [0.15, 0.2) is 0 Å². The van der Waals surface area contributed by atoms with Crippen LogP contribution in [0.25, 0.3) is 10.9 Å². The number of hydrogen-bond donors (Lipinski definition) is 2. The Morgan fingerprint density at radius 2 is 1.75 bits per heavy atom. The third-order valence-corrected chi connectivity index (χ3v) is 5.68. The monoisotopic (exact) mass is 344 g/mol. The van der Waals surface area contributed by atoms with Crippen LogP contribution < -0.4 is 16.0 Å². The zero-order valence-corrected chi connectivity index (χ0v) is 14.0. The molecule has 7 heteroatoms. The van der Waals surface area contributed by atoms with Crippen LogP contribution in [0, 0.1) is 6.92 Å². The lowest BCUT2D eigenvalue weighted by atomic mass is 10.2. The van der Waals surface area contributed by atoms with Crippen LogP contribution in [0.5, 0.6) is 5.75 Å². The van der Waals surface area contributed by atoms with Crippen molar-refractivity contribution in [3.8, 4) is 5.75 Å². The Hall–Kier alpha value is -2.80. The van der Waals surface area contributed by atoms with Crippen LogP contribution >= 0.6 is 0 Å². The summed E-state index contributed by atoms with van der Waals surface area (Å²) in [7, 11) is -2.48. The summed E-state index contributed by atoms with van der Waals surface area (Å²) < 4.78 is 31.3. The van der Waals surface area contributed by atoms with Crippen molar-refractivity contribution in [3.05, 3.63) is 58.4 Å². The van der Waals surface area contributed by atoms with Gasteiger partial charge >= 0.3 is 0 Å². The molecule has 2 aromatic carbocycles. The Kier molecular flexibility index (Phi) is 3.81. The molecular formula is C17H16N2O4S.